The van der Waals surface area contributed by atoms with Crippen LogP contribution in [0.15, 0.2) is 64.7 Å². The van der Waals surface area contributed by atoms with Crippen molar-refractivity contribution in [1.82, 2.24) is 5.01 Å². The van der Waals surface area contributed by atoms with Gasteiger partial charge in [-0.05, 0) is 23.3 Å². The number of aliphatic imine (C=N–C) groups is 1. The lowest BCUT2D eigenvalue weighted by Gasteiger charge is -2.23. The van der Waals surface area contributed by atoms with Crippen molar-refractivity contribution in [3.63, 3.8) is 0 Å². The third kappa shape index (κ3) is 4.28. The zero-order valence-corrected chi connectivity index (χ0v) is 15.0. The molecule has 0 saturated carbocycles. The van der Waals surface area contributed by atoms with E-state index in [0.29, 0.717) is 17.9 Å². The summed E-state index contributed by atoms with van der Waals surface area (Å²) in [7, 11) is 3.27. The van der Waals surface area contributed by atoms with Gasteiger partial charge in [0.1, 0.15) is 0 Å². The van der Waals surface area contributed by atoms with Gasteiger partial charge in [-0.3, -0.25) is 4.99 Å². The van der Waals surface area contributed by atoms with E-state index < -0.39 is 0 Å². The first kappa shape index (κ1) is 17.2. The standard InChI is InChI=1S/C19H19N3O2S/c1-22-19(20-12-14-7-4-3-5-8-14)25-13-17(21-22)15-9-6-10-16(11-15)18(23)24-2/h3-11H,12-13H2,1-2H3. The molecule has 25 heavy (non-hydrogen) atoms. The van der Waals surface area contributed by atoms with Crippen LogP contribution in [-0.4, -0.2) is 41.8 Å². The summed E-state index contributed by atoms with van der Waals surface area (Å²) < 4.78 is 4.78. The number of benzene rings is 2. The molecule has 0 radical (unpaired) electrons. The number of nitrogens with zero attached hydrogens (tertiary/aromatic N) is 3. The number of hydrazone groups is 1. The van der Waals surface area contributed by atoms with Gasteiger partial charge in [-0.15, -0.1) is 0 Å². The fourth-order valence-electron chi connectivity index (χ4n) is 2.45. The molecule has 0 atom stereocenters. The van der Waals surface area contributed by atoms with Crippen LogP contribution in [-0.2, 0) is 11.3 Å². The quantitative estimate of drug-likeness (QED) is 0.791. The van der Waals surface area contributed by atoms with E-state index in [4.69, 9.17) is 4.74 Å². The fraction of sp³-hybridized carbons (Fsp3) is 0.211. The van der Waals surface area contributed by atoms with Crippen LogP contribution in [0.5, 0.6) is 0 Å². The zero-order chi connectivity index (χ0) is 17.6. The Bertz CT molecular complexity index is 818. The number of methoxy groups -OCH3 is 1. The highest BCUT2D eigenvalue weighted by Crippen LogP contribution is 2.20. The average molecular weight is 353 g/mol. The lowest BCUT2D eigenvalue weighted by Crippen LogP contribution is -2.28. The van der Waals surface area contributed by atoms with Gasteiger partial charge in [0.05, 0.1) is 24.9 Å². The van der Waals surface area contributed by atoms with E-state index in [1.165, 1.54) is 12.7 Å². The van der Waals surface area contributed by atoms with E-state index in [1.54, 1.807) is 22.8 Å². The highest BCUT2D eigenvalue weighted by molar-refractivity contribution is 8.14. The van der Waals surface area contributed by atoms with E-state index in [2.05, 4.69) is 22.2 Å². The van der Waals surface area contributed by atoms with E-state index in [9.17, 15) is 4.79 Å². The maximum atomic E-state index is 11.7. The number of amidine groups is 1. The minimum absolute atomic E-state index is 0.343. The van der Waals surface area contributed by atoms with Gasteiger partial charge in [0.15, 0.2) is 5.17 Å². The average Bonchev–Trinajstić information content (AvgIpc) is 2.67. The van der Waals surface area contributed by atoms with Crippen molar-refractivity contribution in [2.24, 2.45) is 10.1 Å². The Morgan fingerprint density at radius 2 is 2.04 bits per heavy atom. The molecule has 0 amide bonds. The maximum absolute atomic E-state index is 11.7. The predicted molar refractivity (Wildman–Crippen MR) is 102 cm³/mol. The van der Waals surface area contributed by atoms with Crippen LogP contribution in [0.4, 0.5) is 0 Å². The molecule has 6 heteroatoms. The van der Waals surface area contributed by atoms with Gasteiger partial charge in [-0.1, -0.05) is 54.2 Å². The number of carbonyl (C=O) groups excluding carboxylic acids is 1. The fourth-order valence-corrected chi connectivity index (χ4v) is 3.33. The summed E-state index contributed by atoms with van der Waals surface area (Å²) >= 11 is 1.64. The van der Waals surface area contributed by atoms with Crippen molar-refractivity contribution in [1.29, 1.82) is 0 Å². The monoisotopic (exact) mass is 353 g/mol. The molecule has 128 valence electrons. The largest absolute Gasteiger partial charge is 0.465 e. The molecule has 0 fully saturated rings. The summed E-state index contributed by atoms with van der Waals surface area (Å²) in [6, 6.07) is 17.5. The highest BCUT2D eigenvalue weighted by Gasteiger charge is 2.18. The van der Waals surface area contributed by atoms with Crippen molar-refractivity contribution in [3.05, 3.63) is 71.3 Å². The Morgan fingerprint density at radius 3 is 2.76 bits per heavy atom. The first-order chi connectivity index (χ1) is 12.2. The van der Waals surface area contributed by atoms with E-state index in [-0.39, 0.29) is 5.97 Å². The SMILES string of the molecule is COC(=O)c1cccc(C2=NN(C)C(=NCc3ccccc3)SC2)c1. The number of rotatable bonds is 4. The smallest absolute Gasteiger partial charge is 0.337 e. The van der Waals surface area contributed by atoms with Crippen molar-refractivity contribution in [3.8, 4) is 0 Å². The second-order valence-electron chi connectivity index (χ2n) is 5.52. The zero-order valence-electron chi connectivity index (χ0n) is 14.2. The molecule has 0 N–H and O–H groups in total. The molecule has 0 aromatic heterocycles. The number of carbonyl (C=O) groups is 1. The van der Waals surface area contributed by atoms with E-state index in [0.717, 1.165) is 16.4 Å². The van der Waals surface area contributed by atoms with Crippen molar-refractivity contribution >= 4 is 28.6 Å². The summed E-state index contributed by atoms with van der Waals surface area (Å²) in [4.78, 5) is 16.3. The maximum Gasteiger partial charge on any atom is 0.337 e. The minimum atomic E-state index is -0.343. The molecule has 5 nitrogen and oxygen atoms in total. The second-order valence-corrected chi connectivity index (χ2v) is 6.46. The topological polar surface area (TPSA) is 54.3 Å². The Hall–Kier alpha value is -2.60. The Labute approximate surface area is 151 Å². The van der Waals surface area contributed by atoms with Crippen LogP contribution in [0.2, 0.25) is 0 Å². The molecule has 2 aromatic rings. The van der Waals surface area contributed by atoms with Crippen LogP contribution in [0.25, 0.3) is 0 Å². The molecule has 0 spiro atoms. The molecule has 0 unspecified atom stereocenters. The van der Waals surface area contributed by atoms with Gasteiger partial charge >= 0.3 is 5.97 Å². The van der Waals surface area contributed by atoms with Crippen LogP contribution in [0.1, 0.15) is 21.5 Å². The molecule has 1 aliphatic heterocycles. The molecule has 0 aliphatic carbocycles. The first-order valence-corrected chi connectivity index (χ1v) is 8.87. The molecular weight excluding hydrogens is 334 g/mol. The van der Waals surface area contributed by atoms with Gasteiger partial charge in [0.2, 0.25) is 0 Å². The third-order valence-electron chi connectivity index (χ3n) is 3.74. The number of esters is 1. The lowest BCUT2D eigenvalue weighted by atomic mass is 10.1. The molecule has 3 rings (SSSR count). The summed E-state index contributed by atoms with van der Waals surface area (Å²) in [6.07, 6.45) is 0. The predicted octanol–water partition coefficient (Wildman–Crippen LogP) is 3.41. The van der Waals surface area contributed by atoms with Gasteiger partial charge < -0.3 is 4.74 Å². The molecule has 2 aromatic carbocycles. The Morgan fingerprint density at radius 1 is 1.24 bits per heavy atom. The van der Waals surface area contributed by atoms with E-state index in [1.807, 2.05) is 43.4 Å². The minimum Gasteiger partial charge on any atom is -0.465 e. The molecule has 1 heterocycles. The molecule has 0 bridgehead atoms. The van der Waals surface area contributed by atoms with Crippen molar-refractivity contribution in [2.45, 2.75) is 6.54 Å². The van der Waals surface area contributed by atoms with Crippen LogP contribution < -0.4 is 0 Å². The molecular formula is C19H19N3O2S. The van der Waals surface area contributed by atoms with Gasteiger partial charge in [0.25, 0.3) is 0 Å². The van der Waals surface area contributed by atoms with Crippen LogP contribution in [0.3, 0.4) is 0 Å². The van der Waals surface area contributed by atoms with Gasteiger partial charge in [0, 0.05) is 12.8 Å². The lowest BCUT2D eigenvalue weighted by molar-refractivity contribution is 0.0600. The number of hydrogen-bond donors (Lipinski definition) is 0. The third-order valence-corrected chi connectivity index (χ3v) is 4.81. The van der Waals surface area contributed by atoms with Gasteiger partial charge in [-0.25, -0.2) is 9.80 Å². The van der Waals surface area contributed by atoms with Crippen LogP contribution >= 0.6 is 11.8 Å². The normalized spacial score (nSPS) is 15.8. The first-order valence-electron chi connectivity index (χ1n) is 7.88. The Balaban J connectivity index is 1.75. The summed E-state index contributed by atoms with van der Waals surface area (Å²) in [5.74, 6) is 0.368. The summed E-state index contributed by atoms with van der Waals surface area (Å²) in [5, 5.41) is 7.29. The second kappa shape index (κ2) is 7.98. The van der Waals surface area contributed by atoms with Gasteiger partial charge in [-0.2, -0.15) is 5.10 Å². The summed E-state index contributed by atoms with van der Waals surface area (Å²) in [6.45, 7) is 0.635. The number of hydrogen-bond acceptors (Lipinski definition) is 5. The van der Waals surface area contributed by atoms with Crippen LogP contribution in [0, 0.1) is 0 Å². The molecule has 0 saturated heterocycles. The van der Waals surface area contributed by atoms with Crippen molar-refractivity contribution in [2.75, 3.05) is 19.9 Å². The van der Waals surface area contributed by atoms with Crippen molar-refractivity contribution < 1.29 is 9.53 Å². The van der Waals surface area contributed by atoms with E-state index >= 15 is 0 Å². The summed E-state index contributed by atoms with van der Waals surface area (Å²) in [5.41, 5.74) is 3.53. The highest BCUT2D eigenvalue weighted by atomic mass is 32.2. The Kier molecular flexibility index (Phi) is 5.50. The number of thioether (sulfide) groups is 1. The number of ether oxygens (including phenoxy) is 1. The molecule has 1 aliphatic rings.